The molecule has 0 aliphatic carbocycles. The van der Waals surface area contributed by atoms with Gasteiger partial charge in [0.2, 0.25) is 5.91 Å². The third-order valence-corrected chi connectivity index (χ3v) is 4.82. The molecular weight excluding hydrogens is 443 g/mol. The zero-order valence-electron chi connectivity index (χ0n) is 15.3. The van der Waals surface area contributed by atoms with Gasteiger partial charge in [0.1, 0.15) is 11.5 Å². The molecule has 0 spiro atoms. The largest absolute Gasteiger partial charge is 0.495 e. The van der Waals surface area contributed by atoms with Crippen molar-refractivity contribution in [2.24, 2.45) is 0 Å². The van der Waals surface area contributed by atoms with Gasteiger partial charge < -0.3 is 20.1 Å². The molecule has 0 atom stereocenters. The van der Waals surface area contributed by atoms with E-state index in [1.54, 1.807) is 30.3 Å². The number of carbonyl (C=O) groups is 1. The van der Waals surface area contributed by atoms with E-state index < -0.39 is 0 Å². The molecule has 28 heavy (non-hydrogen) atoms. The SMILES string of the molecule is COc1cc(Cl)c(C)cc1NC(=S)NC(=O)CCCOc1ccc(Cl)cc1Cl. The van der Waals surface area contributed by atoms with E-state index >= 15 is 0 Å². The molecule has 0 unspecified atom stereocenters. The Morgan fingerprint density at radius 1 is 1.11 bits per heavy atom. The van der Waals surface area contributed by atoms with Crippen molar-refractivity contribution in [1.82, 2.24) is 5.32 Å². The van der Waals surface area contributed by atoms with Crippen molar-refractivity contribution < 1.29 is 14.3 Å². The molecule has 9 heteroatoms. The summed E-state index contributed by atoms with van der Waals surface area (Å²) in [5, 5.41) is 7.28. The summed E-state index contributed by atoms with van der Waals surface area (Å²) in [6, 6.07) is 8.45. The molecule has 0 bridgehead atoms. The highest BCUT2D eigenvalue weighted by atomic mass is 35.5. The molecule has 0 saturated heterocycles. The lowest BCUT2D eigenvalue weighted by atomic mass is 10.2. The van der Waals surface area contributed by atoms with E-state index in [9.17, 15) is 4.79 Å². The molecule has 2 N–H and O–H groups in total. The van der Waals surface area contributed by atoms with Crippen LogP contribution in [0.1, 0.15) is 18.4 Å². The van der Waals surface area contributed by atoms with E-state index in [0.717, 1.165) is 5.56 Å². The molecule has 2 aromatic rings. The van der Waals surface area contributed by atoms with Gasteiger partial charge in [-0.25, -0.2) is 0 Å². The molecule has 150 valence electrons. The van der Waals surface area contributed by atoms with E-state index in [2.05, 4.69) is 10.6 Å². The third kappa shape index (κ3) is 6.71. The van der Waals surface area contributed by atoms with Crippen molar-refractivity contribution in [2.75, 3.05) is 19.0 Å². The van der Waals surface area contributed by atoms with Gasteiger partial charge in [0.25, 0.3) is 0 Å². The van der Waals surface area contributed by atoms with Crippen LogP contribution in [0.15, 0.2) is 30.3 Å². The molecule has 2 aromatic carbocycles. The van der Waals surface area contributed by atoms with E-state index in [1.165, 1.54) is 7.11 Å². The van der Waals surface area contributed by atoms with Gasteiger partial charge in [0.15, 0.2) is 5.11 Å². The Bertz CT molecular complexity index is 878. The number of halogens is 3. The van der Waals surface area contributed by atoms with Crippen molar-refractivity contribution in [3.8, 4) is 11.5 Å². The van der Waals surface area contributed by atoms with Crippen molar-refractivity contribution in [3.05, 3.63) is 51.0 Å². The summed E-state index contributed by atoms with van der Waals surface area (Å²) in [7, 11) is 1.53. The maximum atomic E-state index is 12.1. The van der Waals surface area contributed by atoms with Gasteiger partial charge >= 0.3 is 0 Å². The van der Waals surface area contributed by atoms with Crippen molar-refractivity contribution >= 4 is 63.7 Å². The molecule has 0 radical (unpaired) electrons. The number of carbonyl (C=O) groups excluding carboxylic acids is 1. The Morgan fingerprint density at radius 2 is 1.86 bits per heavy atom. The minimum atomic E-state index is -0.229. The minimum Gasteiger partial charge on any atom is -0.495 e. The van der Waals surface area contributed by atoms with Gasteiger partial charge in [-0.2, -0.15) is 0 Å². The summed E-state index contributed by atoms with van der Waals surface area (Å²) < 4.78 is 10.8. The summed E-state index contributed by atoms with van der Waals surface area (Å²) in [5.74, 6) is 0.822. The van der Waals surface area contributed by atoms with Gasteiger partial charge in [-0.05, 0) is 55.4 Å². The van der Waals surface area contributed by atoms with Crippen LogP contribution in [0.4, 0.5) is 5.69 Å². The maximum Gasteiger partial charge on any atom is 0.226 e. The topological polar surface area (TPSA) is 59.6 Å². The van der Waals surface area contributed by atoms with E-state index in [-0.39, 0.29) is 17.4 Å². The number of hydrogen-bond acceptors (Lipinski definition) is 4. The Balaban J connectivity index is 1.78. The highest BCUT2D eigenvalue weighted by Crippen LogP contribution is 2.31. The zero-order valence-corrected chi connectivity index (χ0v) is 18.4. The van der Waals surface area contributed by atoms with Crippen LogP contribution in [0, 0.1) is 6.92 Å². The molecule has 0 aliphatic rings. The first-order chi connectivity index (χ1) is 13.3. The standard InChI is InChI=1S/C19H19Cl3N2O3S/c1-11-8-15(17(26-2)10-13(11)21)23-19(28)24-18(25)4-3-7-27-16-6-5-12(20)9-14(16)22/h5-6,8-10H,3-4,7H2,1-2H3,(H2,23,24,25,28). The molecule has 1 amide bonds. The lowest BCUT2D eigenvalue weighted by Gasteiger charge is -2.14. The van der Waals surface area contributed by atoms with Crippen molar-refractivity contribution in [3.63, 3.8) is 0 Å². The van der Waals surface area contributed by atoms with Gasteiger partial charge in [-0.1, -0.05) is 34.8 Å². The Morgan fingerprint density at radius 3 is 2.54 bits per heavy atom. The van der Waals surface area contributed by atoms with Gasteiger partial charge in [-0.3, -0.25) is 4.79 Å². The monoisotopic (exact) mass is 460 g/mol. The predicted molar refractivity (Wildman–Crippen MR) is 118 cm³/mol. The maximum absolute atomic E-state index is 12.1. The first-order valence-electron chi connectivity index (χ1n) is 8.33. The Hall–Kier alpha value is -1.73. The minimum absolute atomic E-state index is 0.173. The molecule has 0 aliphatic heterocycles. The van der Waals surface area contributed by atoms with Crippen LogP contribution in [-0.2, 0) is 4.79 Å². The Labute approximate surface area is 184 Å². The smallest absolute Gasteiger partial charge is 0.226 e. The van der Waals surface area contributed by atoms with Crippen LogP contribution in [-0.4, -0.2) is 24.7 Å². The average molecular weight is 462 g/mol. The zero-order chi connectivity index (χ0) is 20.7. The fraction of sp³-hybridized carbons (Fsp3) is 0.263. The number of methoxy groups -OCH3 is 1. The van der Waals surface area contributed by atoms with E-state index in [0.29, 0.717) is 45.3 Å². The second-order valence-corrected chi connectivity index (χ2v) is 7.49. The van der Waals surface area contributed by atoms with Gasteiger partial charge in [0.05, 0.1) is 24.4 Å². The lowest BCUT2D eigenvalue weighted by molar-refractivity contribution is -0.119. The second-order valence-electron chi connectivity index (χ2n) is 5.83. The van der Waals surface area contributed by atoms with Crippen molar-refractivity contribution in [1.29, 1.82) is 0 Å². The van der Waals surface area contributed by atoms with Crippen molar-refractivity contribution in [2.45, 2.75) is 19.8 Å². The number of ether oxygens (including phenoxy) is 2. The molecule has 0 saturated carbocycles. The molecule has 5 nitrogen and oxygen atoms in total. The molecule has 2 rings (SSSR count). The van der Waals surface area contributed by atoms with E-state index in [1.807, 2.05) is 6.92 Å². The molecule has 0 heterocycles. The van der Waals surface area contributed by atoms with Crippen LogP contribution < -0.4 is 20.1 Å². The number of amides is 1. The third-order valence-electron chi connectivity index (χ3n) is 3.68. The quantitative estimate of drug-likeness (QED) is 0.413. The fourth-order valence-electron chi connectivity index (χ4n) is 2.28. The first kappa shape index (κ1) is 22.6. The fourth-order valence-corrected chi connectivity index (χ4v) is 3.12. The highest BCUT2D eigenvalue weighted by molar-refractivity contribution is 7.80. The number of thiocarbonyl (C=S) groups is 1. The van der Waals surface area contributed by atoms with Crippen LogP contribution in [0.5, 0.6) is 11.5 Å². The molecular formula is C19H19Cl3N2O3S. The summed E-state index contributed by atoms with van der Waals surface area (Å²) in [4.78, 5) is 12.1. The number of anilines is 1. The first-order valence-corrected chi connectivity index (χ1v) is 9.87. The number of hydrogen-bond donors (Lipinski definition) is 2. The van der Waals surface area contributed by atoms with Gasteiger partial charge in [0, 0.05) is 22.5 Å². The second kappa shape index (κ2) is 10.7. The average Bonchev–Trinajstić information content (AvgIpc) is 2.63. The van der Waals surface area contributed by atoms with E-state index in [4.69, 9.17) is 56.5 Å². The molecule has 0 aromatic heterocycles. The summed E-state index contributed by atoms with van der Waals surface area (Å²) >= 11 is 23.1. The lowest BCUT2D eigenvalue weighted by Crippen LogP contribution is -2.34. The summed E-state index contributed by atoms with van der Waals surface area (Å²) in [6.07, 6.45) is 0.737. The van der Waals surface area contributed by atoms with Crippen LogP contribution in [0.3, 0.4) is 0 Å². The normalized spacial score (nSPS) is 10.3. The van der Waals surface area contributed by atoms with Crippen LogP contribution in [0.2, 0.25) is 15.1 Å². The Kier molecular flexibility index (Phi) is 8.63. The van der Waals surface area contributed by atoms with Crippen LogP contribution >= 0.6 is 47.0 Å². The summed E-state index contributed by atoms with van der Waals surface area (Å²) in [6.45, 7) is 2.20. The summed E-state index contributed by atoms with van der Waals surface area (Å²) in [5.41, 5.74) is 1.48. The van der Waals surface area contributed by atoms with Crippen LogP contribution in [0.25, 0.3) is 0 Å². The number of aryl methyl sites for hydroxylation is 1. The number of nitrogens with one attached hydrogen (secondary N) is 2. The molecule has 0 fully saturated rings. The highest BCUT2D eigenvalue weighted by Gasteiger charge is 2.11. The number of benzene rings is 2. The predicted octanol–water partition coefficient (Wildman–Crippen LogP) is 5.64. The number of rotatable bonds is 7. The van der Waals surface area contributed by atoms with Gasteiger partial charge in [-0.15, -0.1) is 0 Å².